The highest BCUT2D eigenvalue weighted by molar-refractivity contribution is 5.38. The van der Waals surface area contributed by atoms with Gasteiger partial charge in [0, 0.05) is 51.0 Å². The largest absolute Gasteiger partial charge is 0.395 e. The Kier molecular flexibility index (Phi) is 4.50. The predicted molar refractivity (Wildman–Crippen MR) is 79.9 cm³/mol. The summed E-state index contributed by atoms with van der Waals surface area (Å²) in [6, 6.07) is 6.94. The third-order valence-electron chi connectivity index (χ3n) is 4.09. The Bertz CT molecular complexity index is 402. The van der Waals surface area contributed by atoms with Gasteiger partial charge in [-0.05, 0) is 25.0 Å². The third kappa shape index (κ3) is 3.69. The number of nitrogens with zero attached hydrogens (tertiary/aromatic N) is 3. The van der Waals surface area contributed by atoms with Gasteiger partial charge >= 0.3 is 0 Å². The Morgan fingerprint density at radius 2 is 2.05 bits per heavy atom. The minimum Gasteiger partial charge on any atom is -0.395 e. The number of hydrogen-bond acceptors (Lipinski definition) is 5. The summed E-state index contributed by atoms with van der Waals surface area (Å²) in [5.74, 6) is 1.07. The average molecular weight is 276 g/mol. The minimum atomic E-state index is 0.226. The lowest BCUT2D eigenvalue weighted by Gasteiger charge is -2.37. The fourth-order valence-corrected chi connectivity index (χ4v) is 2.76. The average Bonchev–Trinajstić information content (AvgIpc) is 3.32. The molecule has 20 heavy (non-hydrogen) atoms. The molecule has 1 aliphatic carbocycles. The van der Waals surface area contributed by atoms with E-state index in [0.29, 0.717) is 6.04 Å². The first-order valence-corrected chi connectivity index (χ1v) is 7.60. The van der Waals surface area contributed by atoms with Gasteiger partial charge in [0.2, 0.25) is 0 Å². The van der Waals surface area contributed by atoms with Crippen molar-refractivity contribution in [2.45, 2.75) is 24.9 Å². The van der Waals surface area contributed by atoms with E-state index in [1.54, 1.807) is 0 Å². The third-order valence-corrected chi connectivity index (χ3v) is 4.09. The van der Waals surface area contributed by atoms with Gasteiger partial charge in [0.25, 0.3) is 0 Å². The molecule has 3 rings (SSSR count). The van der Waals surface area contributed by atoms with Crippen LogP contribution in [0.1, 0.15) is 12.8 Å². The van der Waals surface area contributed by atoms with Crippen molar-refractivity contribution in [2.24, 2.45) is 0 Å². The van der Waals surface area contributed by atoms with E-state index in [1.807, 2.05) is 18.3 Å². The molecular formula is C15H24N4O. The SMILES string of the molecule is OCC(CN1CCN(c2ccccn2)CC1)NC1CC1. The Labute approximate surface area is 120 Å². The first kappa shape index (κ1) is 13.8. The summed E-state index contributed by atoms with van der Waals surface area (Å²) < 4.78 is 0. The number of nitrogens with one attached hydrogen (secondary N) is 1. The van der Waals surface area contributed by atoms with Crippen LogP contribution in [0.4, 0.5) is 5.82 Å². The number of anilines is 1. The molecule has 1 atom stereocenters. The van der Waals surface area contributed by atoms with Crippen molar-refractivity contribution < 1.29 is 5.11 Å². The van der Waals surface area contributed by atoms with E-state index < -0.39 is 0 Å². The molecule has 2 N–H and O–H groups in total. The number of aliphatic hydroxyl groups is 1. The van der Waals surface area contributed by atoms with Crippen LogP contribution in [0, 0.1) is 0 Å². The maximum atomic E-state index is 9.45. The summed E-state index contributed by atoms with van der Waals surface area (Å²) >= 11 is 0. The summed E-state index contributed by atoms with van der Waals surface area (Å²) in [6.07, 6.45) is 4.39. The van der Waals surface area contributed by atoms with Crippen LogP contribution in [0.25, 0.3) is 0 Å². The Balaban J connectivity index is 1.45. The van der Waals surface area contributed by atoms with Crippen molar-refractivity contribution in [1.82, 2.24) is 15.2 Å². The molecule has 1 unspecified atom stereocenters. The molecule has 0 bridgehead atoms. The minimum absolute atomic E-state index is 0.226. The molecule has 0 amide bonds. The van der Waals surface area contributed by atoms with Crippen molar-refractivity contribution >= 4 is 5.82 Å². The number of aliphatic hydroxyl groups excluding tert-OH is 1. The van der Waals surface area contributed by atoms with E-state index >= 15 is 0 Å². The van der Waals surface area contributed by atoms with Crippen LogP contribution in [0.3, 0.4) is 0 Å². The Hall–Kier alpha value is -1.17. The Morgan fingerprint density at radius 1 is 1.25 bits per heavy atom. The van der Waals surface area contributed by atoms with E-state index in [2.05, 4.69) is 26.2 Å². The number of aromatic nitrogens is 1. The first-order chi connectivity index (χ1) is 9.85. The highest BCUT2D eigenvalue weighted by atomic mass is 16.3. The fourth-order valence-electron chi connectivity index (χ4n) is 2.76. The molecule has 1 saturated heterocycles. The molecule has 5 nitrogen and oxygen atoms in total. The van der Waals surface area contributed by atoms with Crippen LogP contribution in [-0.4, -0.2) is 66.4 Å². The number of rotatable bonds is 6. The highest BCUT2D eigenvalue weighted by Gasteiger charge is 2.26. The lowest BCUT2D eigenvalue weighted by atomic mass is 10.2. The van der Waals surface area contributed by atoms with Gasteiger partial charge in [-0.2, -0.15) is 0 Å². The molecule has 1 aromatic rings. The summed E-state index contributed by atoms with van der Waals surface area (Å²) in [7, 11) is 0. The van der Waals surface area contributed by atoms with E-state index in [4.69, 9.17) is 0 Å². The van der Waals surface area contributed by atoms with E-state index in [1.165, 1.54) is 12.8 Å². The number of pyridine rings is 1. The normalized spacial score (nSPS) is 21.9. The second kappa shape index (κ2) is 6.52. The number of piperazine rings is 1. The molecule has 1 saturated carbocycles. The zero-order valence-corrected chi connectivity index (χ0v) is 11.9. The van der Waals surface area contributed by atoms with Crippen molar-refractivity contribution in [3.8, 4) is 0 Å². The van der Waals surface area contributed by atoms with Crippen LogP contribution in [0.2, 0.25) is 0 Å². The summed E-state index contributed by atoms with van der Waals surface area (Å²) in [6.45, 7) is 5.29. The molecule has 2 aliphatic rings. The topological polar surface area (TPSA) is 51.6 Å². The predicted octanol–water partition coefficient (Wildman–Crippen LogP) is 0.317. The Morgan fingerprint density at radius 3 is 2.65 bits per heavy atom. The number of hydrogen-bond donors (Lipinski definition) is 2. The van der Waals surface area contributed by atoms with Gasteiger partial charge in [-0.1, -0.05) is 6.07 Å². The molecule has 1 aliphatic heterocycles. The van der Waals surface area contributed by atoms with Gasteiger partial charge in [-0.25, -0.2) is 4.98 Å². The van der Waals surface area contributed by atoms with Crippen LogP contribution >= 0.6 is 0 Å². The summed E-state index contributed by atoms with van der Waals surface area (Å²) in [5, 5.41) is 13.0. The smallest absolute Gasteiger partial charge is 0.128 e. The standard InChI is InChI=1S/C15H24N4O/c20-12-14(17-13-4-5-13)11-18-7-9-19(10-8-18)15-3-1-2-6-16-15/h1-3,6,13-14,17,20H,4-5,7-12H2. The molecule has 1 aromatic heterocycles. The highest BCUT2D eigenvalue weighted by Crippen LogP contribution is 2.19. The zero-order valence-electron chi connectivity index (χ0n) is 11.9. The second-order valence-corrected chi connectivity index (χ2v) is 5.80. The van der Waals surface area contributed by atoms with Crippen LogP contribution in [0.15, 0.2) is 24.4 Å². The molecule has 0 spiro atoms. The van der Waals surface area contributed by atoms with Gasteiger partial charge in [0.05, 0.1) is 6.61 Å². The van der Waals surface area contributed by atoms with Gasteiger partial charge in [0.1, 0.15) is 5.82 Å². The molecule has 110 valence electrons. The van der Waals surface area contributed by atoms with Gasteiger partial charge < -0.3 is 15.3 Å². The van der Waals surface area contributed by atoms with E-state index in [9.17, 15) is 5.11 Å². The van der Waals surface area contributed by atoms with Gasteiger partial charge in [0.15, 0.2) is 0 Å². The molecule has 0 aromatic carbocycles. The van der Waals surface area contributed by atoms with Crippen LogP contribution in [-0.2, 0) is 0 Å². The lowest BCUT2D eigenvalue weighted by molar-refractivity contribution is 0.174. The monoisotopic (exact) mass is 276 g/mol. The van der Waals surface area contributed by atoms with Crippen LogP contribution in [0.5, 0.6) is 0 Å². The first-order valence-electron chi connectivity index (χ1n) is 7.60. The quantitative estimate of drug-likeness (QED) is 0.783. The lowest BCUT2D eigenvalue weighted by Crippen LogP contribution is -2.52. The summed E-state index contributed by atoms with van der Waals surface area (Å²) in [5.41, 5.74) is 0. The van der Waals surface area contributed by atoms with Crippen molar-refractivity contribution in [3.63, 3.8) is 0 Å². The van der Waals surface area contributed by atoms with Gasteiger partial charge in [-0.15, -0.1) is 0 Å². The molecule has 2 heterocycles. The second-order valence-electron chi connectivity index (χ2n) is 5.80. The maximum absolute atomic E-state index is 9.45. The summed E-state index contributed by atoms with van der Waals surface area (Å²) in [4.78, 5) is 9.18. The van der Waals surface area contributed by atoms with Crippen molar-refractivity contribution in [1.29, 1.82) is 0 Å². The van der Waals surface area contributed by atoms with E-state index in [0.717, 1.165) is 38.5 Å². The molecular weight excluding hydrogens is 252 g/mol. The van der Waals surface area contributed by atoms with E-state index in [-0.39, 0.29) is 12.6 Å². The van der Waals surface area contributed by atoms with Crippen molar-refractivity contribution in [2.75, 3.05) is 44.2 Å². The maximum Gasteiger partial charge on any atom is 0.128 e. The molecule has 2 fully saturated rings. The van der Waals surface area contributed by atoms with Gasteiger partial charge in [-0.3, -0.25) is 4.90 Å². The zero-order chi connectivity index (χ0) is 13.8. The molecule has 0 radical (unpaired) electrons. The van der Waals surface area contributed by atoms with Crippen LogP contribution < -0.4 is 10.2 Å². The van der Waals surface area contributed by atoms with Crippen molar-refractivity contribution in [3.05, 3.63) is 24.4 Å². The fraction of sp³-hybridized carbons (Fsp3) is 0.667. The molecule has 5 heteroatoms.